The van der Waals surface area contributed by atoms with Gasteiger partial charge in [-0.05, 0) is 55.4 Å². The smallest absolute Gasteiger partial charge is 0.330 e. The standard InChI is InChI=1S/C25H28O4/c1-4-22(26)29-23-24-27-16-21(28-24)15-25(23,13-19-11-7-5-9-17(19)2)14-20-12-8-6-10-18(20)3/h4-12,21,23-24H,1,13-16H2,2-3H3/t21-,23+,24+/m0/s1. The number of ether oxygens (including phenoxy) is 3. The summed E-state index contributed by atoms with van der Waals surface area (Å²) in [4.78, 5) is 12.2. The number of fused-ring (bicyclic) bond motifs is 2. The monoisotopic (exact) mass is 392 g/mol. The Bertz CT molecular complexity index is 856. The van der Waals surface area contributed by atoms with E-state index in [9.17, 15) is 4.79 Å². The predicted octanol–water partition coefficient (Wildman–Crippen LogP) is 4.32. The molecule has 4 heteroatoms. The molecule has 2 aromatic carbocycles. The molecule has 2 heterocycles. The molecule has 2 saturated heterocycles. The highest BCUT2D eigenvalue weighted by atomic mass is 16.7. The fraction of sp³-hybridized carbons (Fsp3) is 0.400. The summed E-state index contributed by atoms with van der Waals surface area (Å²) in [5.74, 6) is -0.438. The SMILES string of the molecule is C=CC(=O)O[C@@H]1[C@@H]2OC[C@H](CC1(Cc1ccccc1C)Cc1ccccc1C)O2. The Labute approximate surface area is 172 Å². The lowest BCUT2D eigenvalue weighted by atomic mass is 9.67. The molecule has 2 aromatic rings. The second kappa shape index (κ2) is 8.13. The lowest BCUT2D eigenvalue weighted by Gasteiger charge is -2.46. The van der Waals surface area contributed by atoms with Crippen LogP contribution in [0.15, 0.2) is 61.2 Å². The van der Waals surface area contributed by atoms with Crippen molar-refractivity contribution in [1.82, 2.24) is 0 Å². The number of benzene rings is 2. The van der Waals surface area contributed by atoms with Crippen LogP contribution in [-0.4, -0.2) is 31.1 Å². The molecule has 0 N–H and O–H groups in total. The van der Waals surface area contributed by atoms with Crippen LogP contribution in [0.2, 0.25) is 0 Å². The summed E-state index contributed by atoms with van der Waals surface area (Å²) < 4.78 is 17.8. The van der Waals surface area contributed by atoms with Crippen LogP contribution in [0.1, 0.15) is 28.7 Å². The molecule has 0 saturated carbocycles. The van der Waals surface area contributed by atoms with E-state index >= 15 is 0 Å². The van der Waals surface area contributed by atoms with Crippen LogP contribution in [0.25, 0.3) is 0 Å². The molecular formula is C25H28O4. The summed E-state index contributed by atoms with van der Waals surface area (Å²) in [5, 5.41) is 0. The van der Waals surface area contributed by atoms with Crippen LogP contribution in [0.5, 0.6) is 0 Å². The summed E-state index contributed by atoms with van der Waals surface area (Å²) >= 11 is 0. The summed E-state index contributed by atoms with van der Waals surface area (Å²) in [6.07, 6.45) is 2.57. The van der Waals surface area contributed by atoms with Crippen LogP contribution in [0, 0.1) is 19.3 Å². The molecule has 2 fully saturated rings. The minimum Gasteiger partial charge on any atom is -0.453 e. The fourth-order valence-electron chi connectivity index (χ4n) is 4.73. The van der Waals surface area contributed by atoms with Crippen molar-refractivity contribution >= 4 is 5.97 Å². The Kier molecular flexibility index (Phi) is 5.57. The molecule has 29 heavy (non-hydrogen) atoms. The third kappa shape index (κ3) is 4.00. The maximum absolute atomic E-state index is 12.2. The van der Waals surface area contributed by atoms with Gasteiger partial charge in [-0.3, -0.25) is 0 Å². The minimum absolute atomic E-state index is 0.0201. The predicted molar refractivity (Wildman–Crippen MR) is 112 cm³/mol. The molecule has 4 nitrogen and oxygen atoms in total. The van der Waals surface area contributed by atoms with E-state index in [1.807, 2.05) is 0 Å². The molecule has 0 unspecified atom stereocenters. The number of aryl methyl sites for hydroxylation is 2. The van der Waals surface area contributed by atoms with Crippen molar-refractivity contribution < 1.29 is 19.0 Å². The van der Waals surface area contributed by atoms with Crippen molar-refractivity contribution in [2.24, 2.45) is 5.41 Å². The van der Waals surface area contributed by atoms with Crippen molar-refractivity contribution in [1.29, 1.82) is 0 Å². The average Bonchev–Trinajstić information content (AvgIpc) is 3.12. The van der Waals surface area contributed by atoms with Crippen LogP contribution in [0.4, 0.5) is 0 Å². The Balaban J connectivity index is 1.78. The van der Waals surface area contributed by atoms with Gasteiger partial charge in [0.05, 0.1) is 12.7 Å². The highest BCUT2D eigenvalue weighted by Gasteiger charge is 2.55. The van der Waals surface area contributed by atoms with Crippen molar-refractivity contribution in [3.05, 3.63) is 83.4 Å². The molecule has 2 aliphatic rings. The molecule has 4 rings (SSSR count). The first-order valence-corrected chi connectivity index (χ1v) is 10.2. The largest absolute Gasteiger partial charge is 0.453 e. The fourth-order valence-corrected chi connectivity index (χ4v) is 4.73. The summed E-state index contributed by atoms with van der Waals surface area (Å²) in [5.41, 5.74) is 4.69. The van der Waals surface area contributed by atoms with Gasteiger partial charge in [0.1, 0.15) is 0 Å². The molecule has 0 amide bonds. The number of esters is 1. The molecule has 0 aliphatic carbocycles. The zero-order valence-electron chi connectivity index (χ0n) is 17.1. The maximum atomic E-state index is 12.2. The van der Waals surface area contributed by atoms with E-state index in [4.69, 9.17) is 14.2 Å². The minimum atomic E-state index is -0.536. The molecule has 152 valence electrons. The van der Waals surface area contributed by atoms with Crippen LogP contribution < -0.4 is 0 Å². The molecular weight excluding hydrogens is 364 g/mol. The summed E-state index contributed by atoms with van der Waals surface area (Å²) in [7, 11) is 0. The van der Waals surface area contributed by atoms with E-state index in [2.05, 4.69) is 69.0 Å². The van der Waals surface area contributed by atoms with Gasteiger partial charge in [0.2, 0.25) is 0 Å². The van der Waals surface area contributed by atoms with Crippen molar-refractivity contribution in [3.8, 4) is 0 Å². The van der Waals surface area contributed by atoms with Gasteiger partial charge in [-0.25, -0.2) is 4.79 Å². The number of hydrogen-bond donors (Lipinski definition) is 0. The second-order valence-electron chi connectivity index (χ2n) is 8.29. The Morgan fingerprint density at radius 2 is 1.69 bits per heavy atom. The molecule has 0 spiro atoms. The number of carbonyl (C=O) groups is 1. The van der Waals surface area contributed by atoms with E-state index in [0.717, 1.165) is 19.3 Å². The van der Waals surface area contributed by atoms with Gasteiger partial charge in [0.15, 0.2) is 12.4 Å². The van der Waals surface area contributed by atoms with Gasteiger partial charge in [-0.2, -0.15) is 0 Å². The van der Waals surface area contributed by atoms with E-state index in [1.165, 1.54) is 28.3 Å². The molecule has 2 aliphatic heterocycles. The van der Waals surface area contributed by atoms with Crippen molar-refractivity contribution in [3.63, 3.8) is 0 Å². The molecule has 2 bridgehead atoms. The van der Waals surface area contributed by atoms with E-state index in [-0.39, 0.29) is 11.5 Å². The van der Waals surface area contributed by atoms with Crippen molar-refractivity contribution in [2.75, 3.05) is 6.61 Å². The van der Waals surface area contributed by atoms with Gasteiger partial charge in [0, 0.05) is 11.5 Å². The van der Waals surface area contributed by atoms with E-state index < -0.39 is 18.4 Å². The highest BCUT2D eigenvalue weighted by molar-refractivity contribution is 5.81. The van der Waals surface area contributed by atoms with Crippen molar-refractivity contribution in [2.45, 2.75) is 51.6 Å². The zero-order chi connectivity index (χ0) is 20.4. The third-order valence-electron chi connectivity index (χ3n) is 6.28. The van der Waals surface area contributed by atoms with E-state index in [0.29, 0.717) is 6.61 Å². The molecule has 0 aromatic heterocycles. The van der Waals surface area contributed by atoms with Crippen LogP contribution in [0.3, 0.4) is 0 Å². The van der Waals surface area contributed by atoms with Gasteiger partial charge < -0.3 is 14.2 Å². The zero-order valence-corrected chi connectivity index (χ0v) is 17.1. The van der Waals surface area contributed by atoms with Gasteiger partial charge in [0.25, 0.3) is 0 Å². The number of carbonyl (C=O) groups excluding carboxylic acids is 1. The maximum Gasteiger partial charge on any atom is 0.330 e. The van der Waals surface area contributed by atoms with Gasteiger partial charge in [-0.1, -0.05) is 55.1 Å². The first-order valence-electron chi connectivity index (χ1n) is 10.2. The number of hydrogen-bond acceptors (Lipinski definition) is 4. The van der Waals surface area contributed by atoms with Crippen LogP contribution >= 0.6 is 0 Å². The molecule has 3 atom stereocenters. The lowest BCUT2D eigenvalue weighted by molar-refractivity contribution is -0.221. The highest BCUT2D eigenvalue weighted by Crippen LogP contribution is 2.47. The molecule has 0 radical (unpaired) electrons. The lowest BCUT2D eigenvalue weighted by Crippen LogP contribution is -2.53. The Morgan fingerprint density at radius 3 is 2.24 bits per heavy atom. The van der Waals surface area contributed by atoms with Crippen LogP contribution in [-0.2, 0) is 31.8 Å². The Hall–Kier alpha value is -2.43. The summed E-state index contributed by atoms with van der Waals surface area (Å²) in [6.45, 7) is 8.37. The summed E-state index contributed by atoms with van der Waals surface area (Å²) in [6, 6.07) is 16.8. The number of rotatable bonds is 6. The third-order valence-corrected chi connectivity index (χ3v) is 6.28. The van der Waals surface area contributed by atoms with Gasteiger partial charge >= 0.3 is 5.97 Å². The Morgan fingerprint density at radius 1 is 1.10 bits per heavy atom. The second-order valence-corrected chi connectivity index (χ2v) is 8.29. The quantitative estimate of drug-likeness (QED) is 0.543. The van der Waals surface area contributed by atoms with E-state index in [1.54, 1.807) is 0 Å². The van der Waals surface area contributed by atoms with Gasteiger partial charge in [-0.15, -0.1) is 0 Å². The average molecular weight is 392 g/mol. The normalized spacial score (nSPS) is 24.8. The first kappa shape index (κ1) is 19.9. The topological polar surface area (TPSA) is 44.8 Å². The first-order chi connectivity index (χ1) is 14.0.